The summed E-state index contributed by atoms with van der Waals surface area (Å²) in [5, 5.41) is 15.7. The molecule has 1 aliphatic rings. The molecule has 0 atom stereocenters. The lowest BCUT2D eigenvalue weighted by Crippen LogP contribution is -1.93. The normalized spacial score (nSPS) is 12.3. The first-order chi connectivity index (χ1) is 30.3. The zero-order chi connectivity index (χ0) is 39.8. The van der Waals surface area contributed by atoms with E-state index in [0.717, 1.165) is 0 Å². The van der Waals surface area contributed by atoms with Crippen LogP contribution in [0.2, 0.25) is 0 Å². The molecule has 0 aliphatic heterocycles. The summed E-state index contributed by atoms with van der Waals surface area (Å²) in [7, 11) is 0. The Bertz CT molecular complexity index is 3810. The van der Waals surface area contributed by atoms with E-state index in [4.69, 9.17) is 0 Å². The van der Waals surface area contributed by atoms with Crippen molar-refractivity contribution in [3.8, 4) is 66.8 Å². The van der Waals surface area contributed by atoms with Gasteiger partial charge in [-0.15, -0.1) is 11.3 Å². The highest BCUT2D eigenvalue weighted by Crippen LogP contribution is 2.59. The molecular weight excluding hydrogens is 753 g/mol. The van der Waals surface area contributed by atoms with Gasteiger partial charge in [-0.1, -0.05) is 176 Å². The fourth-order valence-corrected chi connectivity index (χ4v) is 12.2. The van der Waals surface area contributed by atoms with Crippen LogP contribution in [0.1, 0.15) is 0 Å². The zero-order valence-corrected chi connectivity index (χ0v) is 33.9. The second kappa shape index (κ2) is 12.5. The number of fused-ring (bicyclic) bond motifs is 7. The third kappa shape index (κ3) is 4.64. The van der Waals surface area contributed by atoms with Crippen LogP contribution in [0.3, 0.4) is 0 Å². The lowest BCUT2D eigenvalue weighted by Gasteiger charge is -2.20. The molecule has 0 bridgehead atoms. The summed E-state index contributed by atoms with van der Waals surface area (Å²) < 4.78 is 2.65. The van der Waals surface area contributed by atoms with Gasteiger partial charge in [-0.2, -0.15) is 0 Å². The molecule has 0 saturated heterocycles. The van der Waals surface area contributed by atoms with Crippen molar-refractivity contribution in [1.29, 1.82) is 0 Å². The van der Waals surface area contributed by atoms with Crippen molar-refractivity contribution in [2.75, 3.05) is 0 Å². The van der Waals surface area contributed by atoms with Crippen LogP contribution in [0.5, 0.6) is 0 Å². The van der Waals surface area contributed by atoms with E-state index in [9.17, 15) is 0 Å². The number of benzene rings is 12. The maximum absolute atomic E-state index is 2.48. The Labute approximate surface area is 356 Å². The van der Waals surface area contributed by atoms with Crippen molar-refractivity contribution in [3.05, 3.63) is 206 Å². The average Bonchev–Trinajstić information content (AvgIpc) is 3.87. The third-order valence-electron chi connectivity index (χ3n) is 13.5. The molecule has 14 rings (SSSR count). The van der Waals surface area contributed by atoms with E-state index in [1.165, 1.54) is 141 Å². The summed E-state index contributed by atoms with van der Waals surface area (Å²) in [6.45, 7) is 0. The second-order valence-corrected chi connectivity index (χ2v) is 17.7. The molecule has 1 aliphatic carbocycles. The topological polar surface area (TPSA) is 0 Å². The minimum Gasteiger partial charge on any atom is -0.135 e. The van der Waals surface area contributed by atoms with E-state index >= 15 is 0 Å². The highest BCUT2D eigenvalue weighted by Gasteiger charge is 2.31. The van der Waals surface area contributed by atoms with E-state index in [2.05, 4.69) is 206 Å². The lowest BCUT2D eigenvalue weighted by molar-refractivity contribution is 1.62. The molecule has 0 amide bonds. The standard InChI is InChI=1S/C60H34S/c1-3-13-35(14-4-1)55-46-20-7-8-21-47(46)56(36-15-5-2-6-16-36)59-49-30-29-43(45-22-12-23-48(57(45)49)58(55)59)50-33-42(34-51-44-19-9-10-24-52(44)61-60(50)51)41-31-39-27-25-37-17-11-18-38-26-28-40(32-41)54(39)53(37)38/h1-34H. The Kier molecular flexibility index (Phi) is 6.80. The Morgan fingerprint density at radius 3 is 1.43 bits per heavy atom. The predicted molar refractivity (Wildman–Crippen MR) is 264 cm³/mol. The van der Waals surface area contributed by atoms with Crippen LogP contribution in [0.15, 0.2) is 206 Å². The smallest absolute Gasteiger partial charge is 0.0434 e. The van der Waals surface area contributed by atoms with Crippen molar-refractivity contribution in [2.45, 2.75) is 0 Å². The van der Waals surface area contributed by atoms with Crippen LogP contribution in [0.25, 0.3) is 141 Å². The van der Waals surface area contributed by atoms with E-state index in [-0.39, 0.29) is 0 Å². The van der Waals surface area contributed by atoms with Crippen molar-refractivity contribution in [2.24, 2.45) is 0 Å². The van der Waals surface area contributed by atoms with Crippen LogP contribution >= 0.6 is 11.3 Å². The zero-order valence-electron chi connectivity index (χ0n) is 33.0. The van der Waals surface area contributed by atoms with Gasteiger partial charge in [0.15, 0.2) is 0 Å². The highest BCUT2D eigenvalue weighted by atomic mass is 32.1. The summed E-state index contributed by atoms with van der Waals surface area (Å²) in [6, 6.07) is 77.5. The van der Waals surface area contributed by atoms with Crippen molar-refractivity contribution in [3.63, 3.8) is 0 Å². The average molecular weight is 787 g/mol. The van der Waals surface area contributed by atoms with Crippen LogP contribution in [0.4, 0.5) is 0 Å². The van der Waals surface area contributed by atoms with Crippen molar-refractivity contribution >= 4 is 85.4 Å². The molecule has 0 radical (unpaired) electrons. The third-order valence-corrected chi connectivity index (χ3v) is 14.7. The Morgan fingerprint density at radius 2 is 0.754 bits per heavy atom. The summed E-state index contributed by atoms with van der Waals surface area (Å²) in [6.07, 6.45) is 0. The maximum atomic E-state index is 2.48. The van der Waals surface area contributed by atoms with Gasteiger partial charge in [0.2, 0.25) is 0 Å². The molecule has 0 spiro atoms. The molecule has 280 valence electrons. The number of hydrogen-bond acceptors (Lipinski definition) is 1. The minimum atomic E-state index is 1.24. The summed E-state index contributed by atoms with van der Waals surface area (Å²) in [5.74, 6) is 0. The predicted octanol–water partition coefficient (Wildman–Crippen LogP) is 17.6. The van der Waals surface area contributed by atoms with Gasteiger partial charge in [0.1, 0.15) is 0 Å². The first kappa shape index (κ1) is 33.3. The van der Waals surface area contributed by atoms with E-state index in [0.29, 0.717) is 0 Å². The molecule has 1 heterocycles. The Morgan fingerprint density at radius 1 is 0.246 bits per heavy atom. The van der Waals surface area contributed by atoms with Crippen LogP contribution < -0.4 is 0 Å². The minimum absolute atomic E-state index is 1.24. The molecule has 61 heavy (non-hydrogen) atoms. The molecule has 0 N–H and O–H groups in total. The second-order valence-electron chi connectivity index (χ2n) is 16.7. The molecule has 0 saturated carbocycles. The Balaban J connectivity index is 1.07. The van der Waals surface area contributed by atoms with Gasteiger partial charge in [0, 0.05) is 25.7 Å². The van der Waals surface area contributed by atoms with Gasteiger partial charge in [-0.25, -0.2) is 0 Å². The maximum Gasteiger partial charge on any atom is 0.0434 e. The van der Waals surface area contributed by atoms with Crippen LogP contribution in [0, 0.1) is 0 Å². The number of rotatable bonds is 4. The van der Waals surface area contributed by atoms with Crippen molar-refractivity contribution < 1.29 is 0 Å². The van der Waals surface area contributed by atoms with E-state index in [1.807, 2.05) is 11.3 Å². The van der Waals surface area contributed by atoms with Gasteiger partial charge in [0.25, 0.3) is 0 Å². The van der Waals surface area contributed by atoms with Crippen LogP contribution in [-0.2, 0) is 0 Å². The summed E-state index contributed by atoms with van der Waals surface area (Å²) in [5.41, 5.74) is 15.4. The van der Waals surface area contributed by atoms with Crippen LogP contribution in [-0.4, -0.2) is 0 Å². The summed E-state index contributed by atoms with van der Waals surface area (Å²) >= 11 is 1.92. The fourth-order valence-electron chi connectivity index (χ4n) is 11.0. The molecule has 0 nitrogen and oxygen atoms in total. The molecule has 0 fully saturated rings. The molecule has 1 aromatic heterocycles. The largest absolute Gasteiger partial charge is 0.135 e. The van der Waals surface area contributed by atoms with Gasteiger partial charge in [0.05, 0.1) is 0 Å². The van der Waals surface area contributed by atoms with Gasteiger partial charge in [-0.3, -0.25) is 0 Å². The van der Waals surface area contributed by atoms with Crippen molar-refractivity contribution in [1.82, 2.24) is 0 Å². The van der Waals surface area contributed by atoms with E-state index < -0.39 is 0 Å². The fraction of sp³-hybridized carbons (Fsp3) is 0. The first-order valence-electron chi connectivity index (χ1n) is 21.2. The number of hydrogen-bond donors (Lipinski definition) is 0. The molecule has 12 aromatic carbocycles. The van der Waals surface area contributed by atoms with Gasteiger partial charge in [-0.05, 0) is 145 Å². The lowest BCUT2D eigenvalue weighted by atomic mass is 9.82. The monoisotopic (exact) mass is 786 g/mol. The van der Waals surface area contributed by atoms with Gasteiger partial charge >= 0.3 is 0 Å². The Hall–Kier alpha value is -7.58. The number of thiophene rings is 1. The first-order valence-corrected chi connectivity index (χ1v) is 22.0. The highest BCUT2D eigenvalue weighted by molar-refractivity contribution is 7.26. The van der Waals surface area contributed by atoms with Gasteiger partial charge < -0.3 is 0 Å². The molecule has 0 unspecified atom stereocenters. The molecule has 13 aromatic rings. The van der Waals surface area contributed by atoms with E-state index in [1.54, 1.807) is 0 Å². The molecule has 1 heteroatoms. The SMILES string of the molecule is c1ccc(-c2c3c(c(-c4ccccc4)c4ccccc24)-c2ccc(-c4cc(-c5cc6ccc7cccc8ccc(c5)c6c78)cc5c4sc4ccccc45)c4cccc-3c24)cc1. The quantitative estimate of drug-likeness (QED) is 0.156. The summed E-state index contributed by atoms with van der Waals surface area (Å²) in [4.78, 5) is 0. The molecular formula is C60H34S.